The van der Waals surface area contributed by atoms with Crippen LogP contribution in [0.25, 0.3) is 11.2 Å². The van der Waals surface area contributed by atoms with Gasteiger partial charge in [-0.25, -0.2) is 15.0 Å². The molecule has 0 spiro atoms. The third kappa shape index (κ3) is 2.96. The lowest BCUT2D eigenvalue weighted by atomic mass is 10.2. The van der Waals surface area contributed by atoms with E-state index in [1.54, 1.807) is 23.0 Å². The smallest absolute Gasteiger partial charge is 0.167 e. The number of rotatable bonds is 5. The van der Waals surface area contributed by atoms with Crippen molar-refractivity contribution in [2.24, 2.45) is 0 Å². The average molecular weight is 357 g/mol. The molecule has 0 radical (unpaired) electrons. The summed E-state index contributed by atoms with van der Waals surface area (Å²) in [5.74, 6) is 0.744. The van der Waals surface area contributed by atoms with E-state index in [0.29, 0.717) is 29.9 Å². The van der Waals surface area contributed by atoms with Gasteiger partial charge in [-0.1, -0.05) is 18.2 Å². The normalized spacial score (nSPS) is 22.8. The van der Waals surface area contributed by atoms with Gasteiger partial charge in [-0.2, -0.15) is 0 Å². The van der Waals surface area contributed by atoms with Crippen molar-refractivity contribution in [1.29, 1.82) is 0 Å². The maximum absolute atomic E-state index is 9.93. The van der Waals surface area contributed by atoms with Crippen LogP contribution in [-0.4, -0.2) is 53.7 Å². The Kier molecular flexibility index (Phi) is 4.41. The molecule has 0 amide bonds. The number of imidazole rings is 1. The van der Waals surface area contributed by atoms with E-state index < -0.39 is 18.4 Å². The summed E-state index contributed by atoms with van der Waals surface area (Å²) in [6, 6.07) is 7.06. The lowest BCUT2D eigenvalue weighted by molar-refractivity contribution is -0.0432. The number of nitrogens with zero attached hydrogens (tertiary/aromatic N) is 4. The first-order valence-electron chi connectivity index (χ1n) is 8.30. The molecule has 4 N–H and O–H groups in total. The van der Waals surface area contributed by atoms with Gasteiger partial charge in [0.1, 0.15) is 24.4 Å². The molecule has 0 bridgehead atoms. The molecular weight excluding hydrogens is 338 g/mol. The summed E-state index contributed by atoms with van der Waals surface area (Å²) in [4.78, 5) is 12.9. The molecule has 0 aliphatic carbocycles. The van der Waals surface area contributed by atoms with E-state index in [0.717, 1.165) is 5.56 Å². The fourth-order valence-corrected chi connectivity index (χ4v) is 3.08. The van der Waals surface area contributed by atoms with Crippen molar-refractivity contribution in [2.45, 2.75) is 31.4 Å². The summed E-state index contributed by atoms with van der Waals surface area (Å²) >= 11 is 0. The van der Waals surface area contributed by atoms with Gasteiger partial charge < -0.3 is 25.4 Å². The summed E-state index contributed by atoms with van der Waals surface area (Å²) < 4.78 is 7.39. The SMILES string of the molecule is OC[C@H]1OC(n2cnc3c(NCc4ccccc4O)ncnc32)C[C@@H]1O. The first-order chi connectivity index (χ1) is 12.7. The number of aromatic nitrogens is 4. The third-order valence-corrected chi connectivity index (χ3v) is 4.49. The van der Waals surface area contributed by atoms with Crippen LogP contribution in [0.3, 0.4) is 0 Å². The van der Waals surface area contributed by atoms with E-state index in [1.807, 2.05) is 12.1 Å². The van der Waals surface area contributed by atoms with Crippen molar-refractivity contribution >= 4 is 17.0 Å². The van der Waals surface area contributed by atoms with Crippen LogP contribution in [-0.2, 0) is 11.3 Å². The Balaban J connectivity index is 1.58. The van der Waals surface area contributed by atoms with Crippen LogP contribution in [0.2, 0.25) is 0 Å². The maximum Gasteiger partial charge on any atom is 0.167 e. The minimum Gasteiger partial charge on any atom is -0.508 e. The second-order valence-corrected chi connectivity index (χ2v) is 6.14. The zero-order valence-electron chi connectivity index (χ0n) is 13.9. The molecular formula is C17H19N5O4. The topological polar surface area (TPSA) is 126 Å². The van der Waals surface area contributed by atoms with Gasteiger partial charge >= 0.3 is 0 Å². The van der Waals surface area contributed by atoms with E-state index in [2.05, 4.69) is 20.3 Å². The van der Waals surface area contributed by atoms with Crippen LogP contribution in [0.15, 0.2) is 36.9 Å². The Morgan fingerprint density at radius 1 is 1.23 bits per heavy atom. The van der Waals surface area contributed by atoms with Gasteiger partial charge in [-0.3, -0.25) is 4.57 Å². The standard InChI is InChI=1S/C17H19N5O4/c23-7-13-12(25)5-14(26-13)22-9-21-15-16(19-8-20-17(15)22)18-6-10-3-1-2-4-11(10)24/h1-4,8-9,12-14,23-25H,5-7H2,(H,18,19,20)/t12-,13+,14?/m0/s1. The number of phenols is 1. The van der Waals surface area contributed by atoms with E-state index in [-0.39, 0.29) is 12.4 Å². The minimum atomic E-state index is -0.733. The predicted octanol–water partition coefficient (Wildman–Crippen LogP) is 0.785. The largest absolute Gasteiger partial charge is 0.508 e. The van der Waals surface area contributed by atoms with E-state index in [9.17, 15) is 15.3 Å². The van der Waals surface area contributed by atoms with Crippen molar-refractivity contribution < 1.29 is 20.1 Å². The Hall–Kier alpha value is -2.75. The molecule has 1 unspecified atom stereocenters. The summed E-state index contributed by atoms with van der Waals surface area (Å²) in [7, 11) is 0. The molecule has 2 aromatic heterocycles. The molecule has 9 nitrogen and oxygen atoms in total. The van der Waals surface area contributed by atoms with Crippen LogP contribution in [0.1, 0.15) is 18.2 Å². The first-order valence-corrected chi connectivity index (χ1v) is 8.30. The van der Waals surface area contributed by atoms with Crippen LogP contribution < -0.4 is 5.32 Å². The zero-order chi connectivity index (χ0) is 18.1. The molecule has 1 saturated heterocycles. The molecule has 26 heavy (non-hydrogen) atoms. The summed E-state index contributed by atoms with van der Waals surface area (Å²) in [6.07, 6.45) is 1.56. The number of aliphatic hydroxyl groups excluding tert-OH is 2. The van der Waals surface area contributed by atoms with Gasteiger partial charge in [-0.15, -0.1) is 0 Å². The number of aliphatic hydroxyl groups is 2. The molecule has 136 valence electrons. The van der Waals surface area contributed by atoms with E-state index in [1.165, 1.54) is 6.33 Å². The number of phenolic OH excluding ortho intramolecular Hbond substituents is 1. The molecule has 3 aromatic rings. The number of para-hydroxylation sites is 1. The fraction of sp³-hybridized carbons (Fsp3) is 0.353. The predicted molar refractivity (Wildman–Crippen MR) is 92.4 cm³/mol. The molecule has 3 heterocycles. The van der Waals surface area contributed by atoms with Gasteiger partial charge in [0, 0.05) is 18.5 Å². The molecule has 1 aliphatic rings. The van der Waals surface area contributed by atoms with Crippen molar-refractivity contribution in [3.8, 4) is 5.75 Å². The number of anilines is 1. The monoisotopic (exact) mass is 357 g/mol. The summed E-state index contributed by atoms with van der Waals surface area (Å²) in [5.41, 5.74) is 1.87. The molecule has 4 rings (SSSR count). The van der Waals surface area contributed by atoms with Gasteiger partial charge in [-0.05, 0) is 6.07 Å². The number of fused-ring (bicyclic) bond motifs is 1. The number of benzene rings is 1. The second-order valence-electron chi connectivity index (χ2n) is 6.14. The quantitative estimate of drug-likeness (QED) is 0.528. The molecule has 0 saturated carbocycles. The second kappa shape index (κ2) is 6.87. The number of aromatic hydroxyl groups is 1. The molecule has 3 atom stereocenters. The van der Waals surface area contributed by atoms with Gasteiger partial charge in [0.05, 0.1) is 19.0 Å². The Labute approximate surface area is 148 Å². The molecule has 9 heteroatoms. The first kappa shape index (κ1) is 16.7. The molecule has 1 aliphatic heterocycles. The van der Waals surface area contributed by atoms with Crippen LogP contribution in [0.4, 0.5) is 5.82 Å². The highest BCUT2D eigenvalue weighted by Gasteiger charge is 2.35. The average Bonchev–Trinajstić information content (AvgIpc) is 3.24. The number of hydrogen-bond acceptors (Lipinski definition) is 8. The van der Waals surface area contributed by atoms with Gasteiger partial charge in [0.25, 0.3) is 0 Å². The lowest BCUT2D eigenvalue weighted by Gasteiger charge is -2.13. The number of ether oxygens (including phenoxy) is 1. The summed E-state index contributed by atoms with van der Waals surface area (Å²) in [5, 5.41) is 32.2. The van der Waals surface area contributed by atoms with Gasteiger partial charge in [0.2, 0.25) is 0 Å². The highest BCUT2D eigenvalue weighted by atomic mass is 16.5. The Morgan fingerprint density at radius 2 is 2.08 bits per heavy atom. The van der Waals surface area contributed by atoms with E-state index >= 15 is 0 Å². The van der Waals surface area contributed by atoms with Crippen LogP contribution in [0, 0.1) is 0 Å². The minimum absolute atomic E-state index is 0.208. The van der Waals surface area contributed by atoms with Crippen LogP contribution >= 0.6 is 0 Å². The number of hydrogen-bond donors (Lipinski definition) is 4. The highest BCUT2D eigenvalue weighted by Crippen LogP contribution is 2.31. The zero-order valence-corrected chi connectivity index (χ0v) is 13.9. The van der Waals surface area contributed by atoms with Crippen molar-refractivity contribution in [3.05, 3.63) is 42.5 Å². The van der Waals surface area contributed by atoms with Crippen LogP contribution in [0.5, 0.6) is 5.75 Å². The van der Waals surface area contributed by atoms with E-state index in [4.69, 9.17) is 4.74 Å². The lowest BCUT2D eigenvalue weighted by Crippen LogP contribution is -2.24. The van der Waals surface area contributed by atoms with Crippen molar-refractivity contribution in [1.82, 2.24) is 19.5 Å². The highest BCUT2D eigenvalue weighted by molar-refractivity contribution is 5.82. The Morgan fingerprint density at radius 3 is 2.85 bits per heavy atom. The van der Waals surface area contributed by atoms with Crippen molar-refractivity contribution in [3.63, 3.8) is 0 Å². The molecule has 1 fully saturated rings. The number of nitrogens with one attached hydrogen (secondary N) is 1. The van der Waals surface area contributed by atoms with Crippen molar-refractivity contribution in [2.75, 3.05) is 11.9 Å². The third-order valence-electron chi connectivity index (χ3n) is 4.49. The van der Waals surface area contributed by atoms with Gasteiger partial charge in [0.15, 0.2) is 17.0 Å². The fourth-order valence-electron chi connectivity index (χ4n) is 3.08. The molecule has 1 aromatic carbocycles. The maximum atomic E-state index is 9.93. The Bertz CT molecular complexity index is 915. The summed E-state index contributed by atoms with van der Waals surface area (Å²) in [6.45, 7) is 0.142.